The fourth-order valence-corrected chi connectivity index (χ4v) is 2.22. The van der Waals surface area contributed by atoms with Gasteiger partial charge in [-0.2, -0.15) is 11.8 Å². The van der Waals surface area contributed by atoms with Crippen molar-refractivity contribution < 1.29 is 4.79 Å². The van der Waals surface area contributed by atoms with Crippen LogP contribution in [-0.4, -0.2) is 11.0 Å². The van der Waals surface area contributed by atoms with E-state index >= 15 is 0 Å². The van der Waals surface area contributed by atoms with Crippen LogP contribution in [-0.2, 0) is 10.5 Å². The van der Waals surface area contributed by atoms with Crippen molar-refractivity contribution in [1.82, 2.24) is 0 Å². The average Bonchev–Trinajstić information content (AvgIpc) is 2.27. The lowest BCUT2D eigenvalue weighted by Gasteiger charge is -2.08. The number of rotatable bonds is 6. The first-order valence-corrected chi connectivity index (χ1v) is 6.56. The highest BCUT2D eigenvalue weighted by Gasteiger charge is 2.00. The number of ketones is 1. The van der Waals surface area contributed by atoms with Crippen LogP contribution in [0.3, 0.4) is 0 Å². The first-order chi connectivity index (χ1) is 7.68. The molecule has 2 heteroatoms. The van der Waals surface area contributed by atoms with Gasteiger partial charge in [0.2, 0.25) is 0 Å². The molecule has 1 aromatic carbocycles. The van der Waals surface area contributed by atoms with E-state index in [2.05, 4.69) is 31.2 Å². The normalized spacial score (nSPS) is 12.9. The molecule has 0 aliphatic rings. The van der Waals surface area contributed by atoms with E-state index in [1.54, 1.807) is 13.0 Å². The molecule has 0 aromatic heterocycles. The van der Waals surface area contributed by atoms with E-state index in [9.17, 15) is 4.79 Å². The molecule has 0 spiro atoms. The van der Waals surface area contributed by atoms with Crippen LogP contribution in [0.5, 0.6) is 0 Å². The molecule has 0 saturated carbocycles. The van der Waals surface area contributed by atoms with Gasteiger partial charge in [-0.15, -0.1) is 0 Å². The molecule has 0 fully saturated rings. The van der Waals surface area contributed by atoms with Gasteiger partial charge in [0.25, 0.3) is 0 Å². The van der Waals surface area contributed by atoms with Crippen molar-refractivity contribution in [2.75, 3.05) is 0 Å². The molecular weight excluding hydrogens is 216 g/mol. The summed E-state index contributed by atoms with van der Waals surface area (Å²) in [4.78, 5) is 10.7. The standard InChI is InChI=1S/C14H18OS/c1-12(15)7-6-8-13(2)16-11-14-9-4-3-5-10-14/h3-7,9-10,13H,8,11H2,1-2H3/b7-6+/t13-/m0/s1. The lowest BCUT2D eigenvalue weighted by molar-refractivity contribution is -0.112. The molecular formula is C14H18OS. The number of allylic oxidation sites excluding steroid dienone is 2. The number of hydrogen-bond donors (Lipinski definition) is 0. The molecule has 0 N–H and O–H groups in total. The van der Waals surface area contributed by atoms with Crippen LogP contribution in [0.15, 0.2) is 42.5 Å². The van der Waals surface area contributed by atoms with E-state index in [0.717, 1.165) is 12.2 Å². The van der Waals surface area contributed by atoms with Crippen molar-refractivity contribution in [3.63, 3.8) is 0 Å². The van der Waals surface area contributed by atoms with Crippen LogP contribution in [0.4, 0.5) is 0 Å². The second-order valence-corrected chi connectivity index (χ2v) is 5.28. The smallest absolute Gasteiger partial charge is 0.152 e. The van der Waals surface area contributed by atoms with Gasteiger partial charge in [0.05, 0.1) is 0 Å². The van der Waals surface area contributed by atoms with Crippen molar-refractivity contribution in [3.8, 4) is 0 Å². The summed E-state index contributed by atoms with van der Waals surface area (Å²) in [6, 6.07) is 10.5. The first kappa shape index (κ1) is 13.0. The van der Waals surface area contributed by atoms with Gasteiger partial charge < -0.3 is 0 Å². The number of thioether (sulfide) groups is 1. The fourth-order valence-electron chi connectivity index (χ4n) is 1.31. The van der Waals surface area contributed by atoms with E-state index in [1.807, 2.05) is 23.9 Å². The van der Waals surface area contributed by atoms with Gasteiger partial charge in [-0.05, 0) is 25.0 Å². The summed E-state index contributed by atoms with van der Waals surface area (Å²) in [5.74, 6) is 1.16. The second kappa shape index (κ2) is 7.29. The van der Waals surface area contributed by atoms with Gasteiger partial charge in [-0.25, -0.2) is 0 Å². The van der Waals surface area contributed by atoms with Crippen LogP contribution in [0.25, 0.3) is 0 Å². The second-order valence-electron chi connectivity index (χ2n) is 3.86. The third kappa shape index (κ3) is 5.76. The molecule has 0 unspecified atom stereocenters. The molecule has 86 valence electrons. The SMILES string of the molecule is CC(=O)/C=C/C[C@H](C)SCc1ccccc1. The van der Waals surface area contributed by atoms with Crippen LogP contribution in [0.2, 0.25) is 0 Å². The van der Waals surface area contributed by atoms with Crippen LogP contribution >= 0.6 is 11.8 Å². The highest BCUT2D eigenvalue weighted by molar-refractivity contribution is 7.99. The molecule has 0 amide bonds. The van der Waals surface area contributed by atoms with E-state index in [4.69, 9.17) is 0 Å². The molecule has 1 aromatic rings. The predicted octanol–water partition coefficient (Wildman–Crippen LogP) is 3.84. The minimum absolute atomic E-state index is 0.125. The summed E-state index contributed by atoms with van der Waals surface area (Å²) in [5, 5.41) is 0.552. The van der Waals surface area contributed by atoms with Gasteiger partial charge >= 0.3 is 0 Å². The minimum Gasteiger partial charge on any atom is -0.295 e. The number of carbonyl (C=O) groups excluding carboxylic acids is 1. The van der Waals surface area contributed by atoms with Crippen LogP contribution in [0.1, 0.15) is 25.8 Å². The Bertz CT molecular complexity index is 343. The summed E-state index contributed by atoms with van der Waals surface area (Å²) in [5.41, 5.74) is 1.36. The Labute approximate surface area is 102 Å². The number of hydrogen-bond acceptors (Lipinski definition) is 2. The predicted molar refractivity (Wildman–Crippen MR) is 71.6 cm³/mol. The maximum atomic E-state index is 10.7. The lowest BCUT2D eigenvalue weighted by atomic mass is 10.2. The summed E-state index contributed by atoms with van der Waals surface area (Å²) in [6.07, 6.45) is 4.57. The highest BCUT2D eigenvalue weighted by atomic mass is 32.2. The lowest BCUT2D eigenvalue weighted by Crippen LogP contribution is -1.95. The fraction of sp³-hybridized carbons (Fsp3) is 0.357. The van der Waals surface area contributed by atoms with Gasteiger partial charge in [-0.1, -0.05) is 43.3 Å². The van der Waals surface area contributed by atoms with Crippen molar-refractivity contribution in [2.24, 2.45) is 0 Å². The summed E-state index contributed by atoms with van der Waals surface area (Å²) >= 11 is 1.92. The Morgan fingerprint density at radius 2 is 2.06 bits per heavy atom. The Balaban J connectivity index is 2.25. The Hall–Kier alpha value is -1.02. The van der Waals surface area contributed by atoms with Gasteiger partial charge in [0.1, 0.15) is 0 Å². The summed E-state index contributed by atoms with van der Waals surface area (Å²) in [6.45, 7) is 3.77. The van der Waals surface area contributed by atoms with Gasteiger partial charge in [0, 0.05) is 11.0 Å². The monoisotopic (exact) mass is 234 g/mol. The molecule has 0 aliphatic heterocycles. The Kier molecular flexibility index (Phi) is 5.94. The molecule has 1 atom stereocenters. The van der Waals surface area contributed by atoms with Crippen molar-refractivity contribution in [1.29, 1.82) is 0 Å². The molecule has 0 aliphatic carbocycles. The number of benzene rings is 1. The van der Waals surface area contributed by atoms with Crippen molar-refractivity contribution in [2.45, 2.75) is 31.3 Å². The third-order valence-corrected chi connectivity index (χ3v) is 3.46. The number of carbonyl (C=O) groups is 1. The van der Waals surface area contributed by atoms with Crippen LogP contribution in [0, 0.1) is 0 Å². The molecule has 1 nitrogen and oxygen atoms in total. The quantitative estimate of drug-likeness (QED) is 0.696. The van der Waals surface area contributed by atoms with Crippen molar-refractivity contribution in [3.05, 3.63) is 48.0 Å². The first-order valence-electron chi connectivity index (χ1n) is 5.51. The maximum absolute atomic E-state index is 10.7. The molecule has 0 saturated heterocycles. The summed E-state index contributed by atoms with van der Waals surface area (Å²) in [7, 11) is 0. The molecule has 0 bridgehead atoms. The van der Waals surface area contributed by atoms with E-state index in [1.165, 1.54) is 5.56 Å². The van der Waals surface area contributed by atoms with E-state index in [-0.39, 0.29) is 5.78 Å². The maximum Gasteiger partial charge on any atom is 0.152 e. The molecule has 0 heterocycles. The largest absolute Gasteiger partial charge is 0.295 e. The van der Waals surface area contributed by atoms with E-state index < -0.39 is 0 Å². The van der Waals surface area contributed by atoms with Crippen molar-refractivity contribution >= 4 is 17.5 Å². The summed E-state index contributed by atoms with van der Waals surface area (Å²) < 4.78 is 0. The topological polar surface area (TPSA) is 17.1 Å². The zero-order valence-corrected chi connectivity index (χ0v) is 10.7. The molecule has 16 heavy (non-hydrogen) atoms. The van der Waals surface area contributed by atoms with Gasteiger partial charge in [-0.3, -0.25) is 4.79 Å². The van der Waals surface area contributed by atoms with Gasteiger partial charge in [0.15, 0.2) is 5.78 Å². The molecule has 0 radical (unpaired) electrons. The van der Waals surface area contributed by atoms with E-state index in [0.29, 0.717) is 5.25 Å². The van der Waals surface area contributed by atoms with Crippen LogP contribution < -0.4 is 0 Å². The zero-order valence-electron chi connectivity index (χ0n) is 9.85. The Morgan fingerprint density at radius 3 is 2.69 bits per heavy atom. The minimum atomic E-state index is 0.125. The Morgan fingerprint density at radius 1 is 1.38 bits per heavy atom. The highest BCUT2D eigenvalue weighted by Crippen LogP contribution is 2.19. The third-order valence-electron chi connectivity index (χ3n) is 2.20. The molecule has 1 rings (SSSR count). The zero-order chi connectivity index (χ0) is 11.8. The average molecular weight is 234 g/mol.